The molecule has 0 bridgehead atoms. The smallest absolute Gasteiger partial charge is 0.255 e. The maximum atomic E-state index is 12.5. The van der Waals surface area contributed by atoms with E-state index in [0.717, 1.165) is 31.4 Å². The second-order valence-corrected chi connectivity index (χ2v) is 6.29. The van der Waals surface area contributed by atoms with Gasteiger partial charge in [0.15, 0.2) is 0 Å². The Hall–Kier alpha value is -1.43. The van der Waals surface area contributed by atoms with E-state index in [-0.39, 0.29) is 5.91 Å². The van der Waals surface area contributed by atoms with Crippen LogP contribution in [0.3, 0.4) is 0 Å². The van der Waals surface area contributed by atoms with Crippen molar-refractivity contribution in [2.24, 2.45) is 18.7 Å². The monoisotopic (exact) mass is 294 g/mol. The molecule has 0 spiro atoms. The fourth-order valence-corrected chi connectivity index (χ4v) is 2.95. The summed E-state index contributed by atoms with van der Waals surface area (Å²) in [5, 5.41) is 7.17. The number of aryl methyl sites for hydroxylation is 1. The zero-order chi connectivity index (χ0) is 14.9. The second kappa shape index (κ2) is 5.52. The second-order valence-electron chi connectivity index (χ2n) is 5.85. The average molecular weight is 294 g/mol. The Labute approximate surface area is 124 Å². The van der Waals surface area contributed by atoms with Crippen LogP contribution in [0, 0.1) is 12.8 Å². The molecule has 1 heterocycles. The van der Waals surface area contributed by atoms with Crippen LogP contribution in [0.5, 0.6) is 0 Å². The Balaban J connectivity index is 2.19. The number of nitrogens with one attached hydrogen (secondary N) is 1. The van der Waals surface area contributed by atoms with Crippen molar-refractivity contribution in [3.05, 3.63) is 17.5 Å². The third-order valence-electron chi connectivity index (χ3n) is 4.43. The molecule has 0 atom stereocenters. The molecule has 110 valence electrons. The van der Waals surface area contributed by atoms with Gasteiger partial charge >= 0.3 is 0 Å². The van der Waals surface area contributed by atoms with E-state index >= 15 is 0 Å². The number of thiocarbonyl (C=S) groups is 1. The van der Waals surface area contributed by atoms with Gasteiger partial charge in [-0.3, -0.25) is 9.48 Å². The number of carbonyl (C=O) groups excluding carboxylic acids is 1. The van der Waals surface area contributed by atoms with Crippen molar-refractivity contribution in [1.29, 1.82) is 0 Å². The van der Waals surface area contributed by atoms with Crippen LogP contribution in [0.1, 0.15) is 48.7 Å². The molecule has 0 aromatic carbocycles. The molecule has 0 unspecified atom stereocenters. The van der Waals surface area contributed by atoms with Gasteiger partial charge in [0.1, 0.15) is 0 Å². The molecule has 1 amide bonds. The third kappa shape index (κ3) is 2.70. The number of aromatic nitrogens is 2. The van der Waals surface area contributed by atoms with Gasteiger partial charge in [-0.15, -0.1) is 0 Å². The van der Waals surface area contributed by atoms with Gasteiger partial charge in [0.25, 0.3) is 5.91 Å². The molecule has 3 N–H and O–H groups in total. The molecule has 1 fully saturated rings. The van der Waals surface area contributed by atoms with Crippen LogP contribution < -0.4 is 11.1 Å². The van der Waals surface area contributed by atoms with Gasteiger partial charge in [0, 0.05) is 12.7 Å². The van der Waals surface area contributed by atoms with Gasteiger partial charge in [0.2, 0.25) is 0 Å². The summed E-state index contributed by atoms with van der Waals surface area (Å²) in [4.78, 5) is 12.8. The van der Waals surface area contributed by atoms with Crippen molar-refractivity contribution in [3.63, 3.8) is 0 Å². The molecule has 1 aliphatic rings. The lowest BCUT2D eigenvalue weighted by molar-refractivity contribution is 0.0900. The third-order valence-corrected chi connectivity index (χ3v) is 4.82. The van der Waals surface area contributed by atoms with Crippen LogP contribution in [0.25, 0.3) is 0 Å². The lowest BCUT2D eigenvalue weighted by Crippen LogP contribution is -2.58. The number of nitrogens with two attached hydrogens (primary N) is 1. The first kappa shape index (κ1) is 15.0. The van der Waals surface area contributed by atoms with Crippen LogP contribution >= 0.6 is 12.2 Å². The van der Waals surface area contributed by atoms with E-state index in [4.69, 9.17) is 18.0 Å². The molecule has 0 aliphatic heterocycles. The Morgan fingerprint density at radius 2 is 2.15 bits per heavy atom. The molecule has 1 aromatic rings. The quantitative estimate of drug-likeness (QED) is 0.832. The Bertz CT molecular complexity index is 529. The maximum absolute atomic E-state index is 12.5. The Morgan fingerprint density at radius 1 is 1.55 bits per heavy atom. The summed E-state index contributed by atoms with van der Waals surface area (Å²) in [6.07, 6.45) is 5.28. The van der Waals surface area contributed by atoms with E-state index in [1.165, 1.54) is 0 Å². The van der Waals surface area contributed by atoms with Crippen molar-refractivity contribution in [3.8, 4) is 0 Å². The van der Waals surface area contributed by atoms with E-state index in [9.17, 15) is 4.79 Å². The SMILES string of the molecule is Cc1c(C(=O)NC2(C(N)=S)CCC(C)CC2)cnn1C. The lowest BCUT2D eigenvalue weighted by atomic mass is 9.77. The molecule has 1 saturated carbocycles. The minimum absolute atomic E-state index is 0.141. The summed E-state index contributed by atoms with van der Waals surface area (Å²) in [5.74, 6) is 0.521. The molecule has 20 heavy (non-hydrogen) atoms. The van der Waals surface area contributed by atoms with E-state index < -0.39 is 5.54 Å². The number of nitrogens with zero attached hydrogens (tertiary/aromatic N) is 2. The summed E-state index contributed by atoms with van der Waals surface area (Å²) in [6.45, 7) is 4.09. The van der Waals surface area contributed by atoms with Crippen molar-refractivity contribution in [2.75, 3.05) is 0 Å². The fraction of sp³-hybridized carbons (Fsp3) is 0.643. The molecule has 1 aromatic heterocycles. The molecule has 2 rings (SSSR count). The predicted molar refractivity (Wildman–Crippen MR) is 82.6 cm³/mol. The van der Waals surface area contributed by atoms with E-state index in [0.29, 0.717) is 16.5 Å². The van der Waals surface area contributed by atoms with Gasteiger partial charge < -0.3 is 11.1 Å². The van der Waals surface area contributed by atoms with Crippen LogP contribution in [-0.4, -0.2) is 26.2 Å². The van der Waals surface area contributed by atoms with Crippen LogP contribution in [0.15, 0.2) is 6.20 Å². The van der Waals surface area contributed by atoms with Crippen molar-refractivity contribution >= 4 is 23.1 Å². The average Bonchev–Trinajstić information content (AvgIpc) is 2.73. The number of hydrogen-bond acceptors (Lipinski definition) is 3. The van der Waals surface area contributed by atoms with Crippen molar-refractivity contribution in [1.82, 2.24) is 15.1 Å². The topological polar surface area (TPSA) is 72.9 Å². The highest BCUT2D eigenvalue weighted by atomic mass is 32.1. The van der Waals surface area contributed by atoms with Crippen molar-refractivity contribution in [2.45, 2.75) is 45.1 Å². The van der Waals surface area contributed by atoms with Gasteiger partial charge in [-0.05, 0) is 38.5 Å². The van der Waals surface area contributed by atoms with Crippen LogP contribution in [0.2, 0.25) is 0 Å². The van der Waals surface area contributed by atoms with Crippen LogP contribution in [0.4, 0.5) is 0 Å². The van der Waals surface area contributed by atoms with E-state index in [1.54, 1.807) is 10.9 Å². The molecule has 0 radical (unpaired) electrons. The number of rotatable bonds is 3. The van der Waals surface area contributed by atoms with Gasteiger partial charge in [0.05, 0.1) is 22.3 Å². The summed E-state index contributed by atoms with van der Waals surface area (Å²) in [5.41, 5.74) is 6.80. The molecule has 5 nitrogen and oxygen atoms in total. The predicted octanol–water partition coefficient (Wildman–Crippen LogP) is 1.69. The first-order valence-corrected chi connectivity index (χ1v) is 7.37. The van der Waals surface area contributed by atoms with E-state index in [2.05, 4.69) is 17.3 Å². The van der Waals surface area contributed by atoms with E-state index in [1.807, 2.05) is 14.0 Å². The molecule has 1 aliphatic carbocycles. The normalized spacial score (nSPS) is 26.2. The summed E-state index contributed by atoms with van der Waals surface area (Å²) in [6, 6.07) is 0. The van der Waals surface area contributed by atoms with Crippen LogP contribution in [-0.2, 0) is 7.05 Å². The van der Waals surface area contributed by atoms with Gasteiger partial charge in [-0.2, -0.15) is 5.10 Å². The molecule has 0 saturated heterocycles. The largest absolute Gasteiger partial charge is 0.391 e. The highest BCUT2D eigenvalue weighted by Gasteiger charge is 2.38. The first-order valence-electron chi connectivity index (χ1n) is 6.97. The fourth-order valence-electron chi connectivity index (χ4n) is 2.69. The first-order chi connectivity index (χ1) is 9.35. The standard InChI is InChI=1S/C14H22N4OS/c1-9-4-6-14(7-5-9,13(15)20)17-12(19)11-8-16-18(3)10(11)2/h8-9H,4-7H2,1-3H3,(H2,15,20)(H,17,19). The zero-order valence-electron chi connectivity index (χ0n) is 12.3. The lowest BCUT2D eigenvalue weighted by Gasteiger charge is -2.39. The summed E-state index contributed by atoms with van der Waals surface area (Å²) < 4.78 is 1.69. The Morgan fingerprint density at radius 3 is 2.60 bits per heavy atom. The molecule has 6 heteroatoms. The molecular formula is C14H22N4OS. The number of carbonyl (C=O) groups is 1. The van der Waals surface area contributed by atoms with Crippen molar-refractivity contribution < 1.29 is 4.79 Å². The zero-order valence-corrected chi connectivity index (χ0v) is 13.1. The highest BCUT2D eigenvalue weighted by Crippen LogP contribution is 2.32. The summed E-state index contributed by atoms with van der Waals surface area (Å²) in [7, 11) is 1.82. The van der Waals surface area contributed by atoms with Gasteiger partial charge in [-0.25, -0.2) is 0 Å². The molecular weight excluding hydrogens is 272 g/mol. The highest BCUT2D eigenvalue weighted by molar-refractivity contribution is 7.80. The minimum Gasteiger partial charge on any atom is -0.391 e. The van der Waals surface area contributed by atoms with Gasteiger partial charge in [-0.1, -0.05) is 19.1 Å². The Kier molecular flexibility index (Phi) is 4.13. The minimum atomic E-state index is -0.540. The number of hydrogen-bond donors (Lipinski definition) is 2. The maximum Gasteiger partial charge on any atom is 0.255 e. The number of amides is 1. The summed E-state index contributed by atoms with van der Waals surface area (Å²) >= 11 is 5.21.